The normalized spacial score (nSPS) is 22.0. The van der Waals surface area contributed by atoms with Gasteiger partial charge in [-0.3, -0.25) is 0 Å². The van der Waals surface area contributed by atoms with Crippen LogP contribution in [0.25, 0.3) is 22.8 Å². The van der Waals surface area contributed by atoms with Crippen molar-refractivity contribution in [2.24, 2.45) is 0 Å². The third kappa shape index (κ3) is 10.4. The van der Waals surface area contributed by atoms with E-state index in [9.17, 15) is 30.8 Å². The molecule has 0 spiro atoms. The highest BCUT2D eigenvalue weighted by Crippen LogP contribution is 2.53. The SMILES string of the molecule is CNC(=O)Nc1ccc(-c2nc(N3[C@@H](C)COC[C@@H]3C)cc(C3(S(C)(=O)=O)CC3)n2)cc1.C[C@H]1COC[C@H](C)N1c1cc(C2(S(C)(=O)=O)CC2)nc(-c2ccc(NC(=O)NCCF)cc2)n1. The van der Waals surface area contributed by atoms with Gasteiger partial charge in [-0.05, 0) is 102 Å². The Hall–Kier alpha value is -5.51. The molecule has 2 aliphatic carbocycles. The number of carbonyl (C=O) groups is 2. The number of carbonyl (C=O) groups excluding carboxylic acids is 2. The van der Waals surface area contributed by atoms with Gasteiger partial charge in [-0.25, -0.2) is 50.8 Å². The molecule has 18 nitrogen and oxygen atoms in total. The molecular weight excluding hydrogens is 892 g/mol. The van der Waals surface area contributed by atoms with Crippen molar-refractivity contribution in [3.05, 3.63) is 72.1 Å². The zero-order valence-corrected chi connectivity index (χ0v) is 39.9. The maximum Gasteiger partial charge on any atom is 0.319 e. The molecule has 8 rings (SSSR count). The van der Waals surface area contributed by atoms with Gasteiger partial charge in [-0.2, -0.15) is 0 Å². The molecule has 4 amide bonds. The zero-order valence-electron chi connectivity index (χ0n) is 38.3. The Balaban J connectivity index is 0.000000197. The average molecular weight is 951 g/mol. The molecule has 4 atom stereocenters. The highest BCUT2D eigenvalue weighted by atomic mass is 32.2. The number of nitrogens with one attached hydrogen (secondary N) is 4. The number of hydrogen-bond donors (Lipinski definition) is 4. The first-order valence-electron chi connectivity index (χ1n) is 22.0. The monoisotopic (exact) mass is 950 g/mol. The molecule has 2 aromatic heterocycles. The van der Waals surface area contributed by atoms with Crippen LogP contribution in [0.1, 0.15) is 64.8 Å². The van der Waals surface area contributed by atoms with Crippen LogP contribution in [0.3, 0.4) is 0 Å². The quantitative estimate of drug-likeness (QED) is 0.139. The second-order valence-electron chi connectivity index (χ2n) is 17.6. The fourth-order valence-electron chi connectivity index (χ4n) is 8.57. The summed E-state index contributed by atoms with van der Waals surface area (Å²) >= 11 is 0. The van der Waals surface area contributed by atoms with E-state index in [0.29, 0.717) is 104 Å². The Morgan fingerprint density at radius 3 is 1.32 bits per heavy atom. The number of nitrogens with zero attached hydrogens (tertiary/aromatic N) is 6. The number of halogens is 1. The average Bonchev–Trinajstić information content (AvgIpc) is 4.21. The van der Waals surface area contributed by atoms with Gasteiger partial charge >= 0.3 is 12.1 Å². The molecule has 0 unspecified atom stereocenters. The van der Waals surface area contributed by atoms with Crippen LogP contribution in [0.15, 0.2) is 60.7 Å². The van der Waals surface area contributed by atoms with E-state index in [4.69, 9.17) is 29.4 Å². The summed E-state index contributed by atoms with van der Waals surface area (Å²) in [6.07, 6.45) is 4.73. The fraction of sp³-hybridized carbons (Fsp3) is 0.511. The Kier molecular flexibility index (Phi) is 14.2. The number of hydrogen-bond acceptors (Lipinski definition) is 14. The molecule has 0 bridgehead atoms. The van der Waals surface area contributed by atoms with E-state index in [1.807, 2.05) is 18.2 Å². The van der Waals surface area contributed by atoms with Crippen molar-refractivity contribution < 1.29 is 40.3 Å². The number of rotatable bonds is 12. The third-order valence-electron chi connectivity index (χ3n) is 12.5. The van der Waals surface area contributed by atoms with Gasteiger partial charge in [0, 0.05) is 60.7 Å². The first kappa shape index (κ1) is 48.4. The number of sulfone groups is 2. The maximum absolute atomic E-state index is 12.6. The summed E-state index contributed by atoms with van der Waals surface area (Å²) in [5.74, 6) is 2.26. The van der Waals surface area contributed by atoms with Gasteiger partial charge in [-0.15, -0.1) is 0 Å². The largest absolute Gasteiger partial charge is 0.377 e. The van der Waals surface area contributed by atoms with Crippen molar-refractivity contribution in [2.45, 2.75) is 87.0 Å². The van der Waals surface area contributed by atoms with Crippen molar-refractivity contribution in [2.75, 3.05) is 79.6 Å². The number of morpholine rings is 2. The van der Waals surface area contributed by atoms with Crippen LogP contribution >= 0.6 is 0 Å². The van der Waals surface area contributed by atoms with Gasteiger partial charge in [0.05, 0.1) is 62.0 Å². The number of amides is 4. The zero-order chi connectivity index (χ0) is 47.6. The topological polar surface area (TPSA) is 227 Å². The summed E-state index contributed by atoms with van der Waals surface area (Å²) in [5.41, 5.74) is 3.65. The smallest absolute Gasteiger partial charge is 0.319 e. The molecule has 4 fully saturated rings. The lowest BCUT2D eigenvalue weighted by molar-refractivity contribution is 0.0752. The number of benzene rings is 2. The number of urea groups is 2. The second kappa shape index (κ2) is 19.4. The van der Waals surface area contributed by atoms with E-state index in [1.165, 1.54) is 12.5 Å². The first-order chi connectivity index (χ1) is 31.3. The standard InChI is InChI=1S/C23H30FN5O4S.C22H29N5O4S/c1-15-13-33-14-16(2)29(15)20-12-19(23(8-9-23)34(3,31)32)27-21(28-20)17-4-6-18(7-5-17)26-22(30)25-11-10-24;1-14-12-31-13-15(2)27(14)19-11-18(22(9-10-22)32(4,29)30)25-20(26-19)16-5-7-17(8-6-16)24-21(28)23-3/h4-7,12,15-16H,8-11,13-14H2,1-3H3,(H2,25,26,30);5-8,11,14-15H,9-10,12-13H2,1-4H3,(H2,23,24,28)/t15-,16-;14-,15-/m00/s1. The molecule has 4 aliphatic rings. The Bertz CT molecular complexity index is 2610. The highest BCUT2D eigenvalue weighted by molar-refractivity contribution is 7.92. The lowest BCUT2D eigenvalue weighted by Crippen LogP contribution is -2.50. The van der Waals surface area contributed by atoms with Crippen LogP contribution in [0.2, 0.25) is 0 Å². The fourth-order valence-corrected chi connectivity index (χ4v) is 11.2. The van der Waals surface area contributed by atoms with Gasteiger partial charge in [-0.1, -0.05) is 0 Å². The molecule has 2 saturated carbocycles. The third-order valence-corrected chi connectivity index (χ3v) is 16.5. The van der Waals surface area contributed by atoms with E-state index < -0.39 is 41.9 Å². The summed E-state index contributed by atoms with van der Waals surface area (Å²) in [6, 6.07) is 17.3. The Morgan fingerprint density at radius 2 is 1.00 bits per heavy atom. The molecule has 356 valence electrons. The van der Waals surface area contributed by atoms with Gasteiger partial charge in [0.25, 0.3) is 0 Å². The Labute approximate surface area is 385 Å². The number of alkyl halides is 1. The molecule has 4 N–H and O–H groups in total. The van der Waals surface area contributed by atoms with Crippen LogP contribution < -0.4 is 31.1 Å². The van der Waals surface area contributed by atoms with Gasteiger partial charge in [0.15, 0.2) is 31.3 Å². The lowest BCUT2D eigenvalue weighted by atomic mass is 10.1. The summed E-state index contributed by atoms with van der Waals surface area (Å²) in [7, 11) is -5.14. The van der Waals surface area contributed by atoms with Crippen LogP contribution in [0, 0.1) is 0 Å². The van der Waals surface area contributed by atoms with Crippen molar-refractivity contribution in [1.29, 1.82) is 0 Å². The molecule has 21 heteroatoms. The van der Waals surface area contributed by atoms with Crippen LogP contribution in [0.5, 0.6) is 0 Å². The van der Waals surface area contributed by atoms with Gasteiger partial charge in [0.2, 0.25) is 0 Å². The molecular formula is C45H59FN10O8S2. The summed E-state index contributed by atoms with van der Waals surface area (Å²) in [5, 5.41) is 10.3. The van der Waals surface area contributed by atoms with E-state index >= 15 is 0 Å². The van der Waals surface area contributed by atoms with E-state index in [1.54, 1.807) is 49.5 Å². The van der Waals surface area contributed by atoms with E-state index in [0.717, 1.165) is 5.56 Å². The number of anilines is 4. The minimum atomic E-state index is -3.36. The Morgan fingerprint density at radius 1 is 0.636 bits per heavy atom. The number of ether oxygens (including phenoxy) is 2. The molecule has 2 aromatic carbocycles. The molecule has 0 radical (unpaired) electrons. The second-order valence-corrected chi connectivity index (χ2v) is 22.3. The van der Waals surface area contributed by atoms with Crippen molar-refractivity contribution in [3.8, 4) is 22.8 Å². The summed E-state index contributed by atoms with van der Waals surface area (Å²) in [6.45, 7) is 9.81. The summed E-state index contributed by atoms with van der Waals surface area (Å²) in [4.78, 5) is 46.7. The molecule has 2 saturated heterocycles. The van der Waals surface area contributed by atoms with Crippen LogP contribution in [-0.4, -0.2) is 132 Å². The predicted molar refractivity (Wildman–Crippen MR) is 252 cm³/mol. The van der Waals surface area contributed by atoms with Crippen LogP contribution in [0.4, 0.5) is 37.0 Å². The van der Waals surface area contributed by atoms with Crippen LogP contribution in [-0.2, 0) is 38.6 Å². The van der Waals surface area contributed by atoms with E-state index in [2.05, 4.69) is 58.8 Å². The van der Waals surface area contributed by atoms with Crippen molar-refractivity contribution >= 4 is 54.7 Å². The molecule has 2 aliphatic heterocycles. The maximum atomic E-state index is 12.6. The molecule has 66 heavy (non-hydrogen) atoms. The number of aromatic nitrogens is 4. The van der Waals surface area contributed by atoms with E-state index in [-0.39, 0.29) is 36.7 Å². The molecule has 4 aromatic rings. The first-order valence-corrected chi connectivity index (χ1v) is 25.8. The predicted octanol–water partition coefficient (Wildman–Crippen LogP) is 5.42. The lowest BCUT2D eigenvalue weighted by Gasteiger charge is -2.40. The van der Waals surface area contributed by atoms with Gasteiger partial charge < -0.3 is 40.5 Å². The summed E-state index contributed by atoms with van der Waals surface area (Å²) < 4.78 is 72.1. The minimum Gasteiger partial charge on any atom is -0.377 e. The van der Waals surface area contributed by atoms with Crippen molar-refractivity contribution in [1.82, 2.24) is 30.6 Å². The minimum absolute atomic E-state index is 0.0617. The molecule has 4 heterocycles. The van der Waals surface area contributed by atoms with Gasteiger partial charge in [0.1, 0.15) is 27.8 Å². The highest BCUT2D eigenvalue weighted by Gasteiger charge is 2.56. The van der Waals surface area contributed by atoms with Crippen molar-refractivity contribution in [3.63, 3.8) is 0 Å².